The van der Waals surface area contributed by atoms with Crippen molar-refractivity contribution in [2.45, 2.75) is 38.8 Å². The average Bonchev–Trinajstić information content (AvgIpc) is 3.15. The van der Waals surface area contributed by atoms with Gasteiger partial charge in [-0.05, 0) is 49.4 Å². The number of hydrogen-bond acceptors (Lipinski definition) is 5. The highest BCUT2D eigenvalue weighted by molar-refractivity contribution is 5.69. The zero-order valence-electron chi connectivity index (χ0n) is 12.7. The molecule has 0 fully saturated rings. The molecule has 2 aromatic rings. The van der Waals surface area contributed by atoms with Crippen molar-refractivity contribution in [1.29, 1.82) is 0 Å². The fraction of sp³-hybridized carbons (Fsp3) is 0.500. The predicted octanol–water partition coefficient (Wildman–Crippen LogP) is 1.19. The number of nitrogens with zero attached hydrogens (tertiary/aromatic N) is 3. The lowest BCUT2D eigenvalue weighted by molar-refractivity contribution is 0.0778. The highest BCUT2D eigenvalue weighted by atomic mass is 16.5. The molecule has 0 saturated heterocycles. The second-order valence-electron chi connectivity index (χ2n) is 5.57. The fourth-order valence-electron chi connectivity index (χ4n) is 2.86. The molecule has 118 valence electrons. The van der Waals surface area contributed by atoms with E-state index in [1.807, 2.05) is 6.92 Å². The van der Waals surface area contributed by atoms with Crippen LogP contribution in [-0.2, 0) is 19.4 Å². The van der Waals surface area contributed by atoms with Crippen LogP contribution >= 0.6 is 0 Å². The summed E-state index contributed by atoms with van der Waals surface area (Å²) in [6.45, 7) is 2.49. The number of aliphatic hydroxyl groups is 2. The molecule has 1 aromatic carbocycles. The highest BCUT2D eigenvalue weighted by Crippen LogP contribution is 2.35. The molecule has 0 saturated carbocycles. The smallest absolute Gasteiger partial charge is 0.129 e. The molecule has 1 aromatic heterocycles. The van der Waals surface area contributed by atoms with Crippen molar-refractivity contribution in [3.8, 4) is 17.0 Å². The van der Waals surface area contributed by atoms with Crippen LogP contribution < -0.4 is 4.74 Å². The summed E-state index contributed by atoms with van der Waals surface area (Å²) < 4.78 is 7.30. The summed E-state index contributed by atoms with van der Waals surface area (Å²) >= 11 is 0. The molecule has 1 atom stereocenters. The van der Waals surface area contributed by atoms with E-state index in [9.17, 15) is 5.11 Å². The third kappa shape index (κ3) is 2.98. The molecule has 0 unspecified atom stereocenters. The third-order valence-electron chi connectivity index (χ3n) is 3.92. The fourth-order valence-corrected chi connectivity index (χ4v) is 2.86. The molecule has 22 heavy (non-hydrogen) atoms. The normalized spacial score (nSPS) is 14.9. The summed E-state index contributed by atoms with van der Waals surface area (Å²) in [6.07, 6.45) is 4.32. The molecule has 0 bridgehead atoms. The maximum Gasteiger partial charge on any atom is 0.129 e. The summed E-state index contributed by atoms with van der Waals surface area (Å²) in [6, 6.07) is 4.26. The van der Waals surface area contributed by atoms with Gasteiger partial charge in [-0.3, -0.25) is 0 Å². The van der Waals surface area contributed by atoms with Gasteiger partial charge in [0, 0.05) is 5.56 Å². The minimum absolute atomic E-state index is 0.221. The Hall–Kier alpha value is -1.92. The largest absolute Gasteiger partial charge is 0.493 e. The second-order valence-corrected chi connectivity index (χ2v) is 5.57. The van der Waals surface area contributed by atoms with Crippen molar-refractivity contribution in [3.05, 3.63) is 29.5 Å². The zero-order chi connectivity index (χ0) is 15.5. The molecule has 0 spiro atoms. The topological polar surface area (TPSA) is 80.4 Å². The van der Waals surface area contributed by atoms with E-state index in [1.165, 1.54) is 17.5 Å². The number of aryl methyl sites for hydroxylation is 2. The molecule has 0 amide bonds. The number of fused-ring (bicyclic) bond motifs is 1. The number of aromatic nitrogens is 3. The van der Waals surface area contributed by atoms with E-state index in [0.29, 0.717) is 6.61 Å². The van der Waals surface area contributed by atoms with Gasteiger partial charge in [0.25, 0.3) is 0 Å². The van der Waals surface area contributed by atoms with Gasteiger partial charge >= 0.3 is 0 Å². The van der Waals surface area contributed by atoms with Gasteiger partial charge in [-0.2, -0.15) is 0 Å². The Morgan fingerprint density at radius 1 is 1.32 bits per heavy atom. The SMILES string of the molecule is CCOc1cc2c(cc1-c1cn(C[C@@H](O)CO)nn1)CCC2. The lowest BCUT2D eigenvalue weighted by atomic mass is 10.0. The summed E-state index contributed by atoms with van der Waals surface area (Å²) in [4.78, 5) is 0. The predicted molar refractivity (Wildman–Crippen MR) is 81.7 cm³/mol. The van der Waals surface area contributed by atoms with Crippen molar-refractivity contribution in [2.24, 2.45) is 0 Å². The minimum Gasteiger partial charge on any atom is -0.493 e. The van der Waals surface area contributed by atoms with Crippen molar-refractivity contribution in [2.75, 3.05) is 13.2 Å². The van der Waals surface area contributed by atoms with Crippen molar-refractivity contribution < 1.29 is 14.9 Å². The molecule has 0 radical (unpaired) electrons. The number of rotatable bonds is 6. The molecule has 2 N–H and O–H groups in total. The van der Waals surface area contributed by atoms with E-state index in [2.05, 4.69) is 22.4 Å². The molecule has 1 aliphatic rings. The van der Waals surface area contributed by atoms with Gasteiger partial charge < -0.3 is 14.9 Å². The molecule has 1 heterocycles. The first-order valence-corrected chi connectivity index (χ1v) is 7.69. The van der Waals surface area contributed by atoms with E-state index in [4.69, 9.17) is 9.84 Å². The summed E-state index contributed by atoms with van der Waals surface area (Å²) in [5.41, 5.74) is 4.37. The Morgan fingerprint density at radius 3 is 2.82 bits per heavy atom. The second kappa shape index (κ2) is 6.46. The number of ether oxygens (including phenoxy) is 1. The Morgan fingerprint density at radius 2 is 2.09 bits per heavy atom. The van der Waals surface area contributed by atoms with Gasteiger partial charge in [0.1, 0.15) is 11.4 Å². The number of aliphatic hydroxyl groups excluding tert-OH is 2. The molecule has 0 aliphatic heterocycles. The monoisotopic (exact) mass is 303 g/mol. The van der Waals surface area contributed by atoms with Crippen LogP contribution in [0.4, 0.5) is 0 Å². The van der Waals surface area contributed by atoms with Crippen molar-refractivity contribution >= 4 is 0 Å². The third-order valence-corrected chi connectivity index (χ3v) is 3.92. The summed E-state index contributed by atoms with van der Waals surface area (Å²) in [7, 11) is 0. The van der Waals surface area contributed by atoms with Crippen LogP contribution in [0.2, 0.25) is 0 Å². The van der Waals surface area contributed by atoms with Gasteiger partial charge in [0.05, 0.1) is 32.1 Å². The van der Waals surface area contributed by atoms with Crippen LogP contribution in [0.5, 0.6) is 5.75 Å². The van der Waals surface area contributed by atoms with Gasteiger partial charge in [0.15, 0.2) is 0 Å². The Balaban J connectivity index is 1.93. The molecule has 6 heteroatoms. The van der Waals surface area contributed by atoms with Gasteiger partial charge in [-0.15, -0.1) is 5.10 Å². The lowest BCUT2D eigenvalue weighted by Crippen LogP contribution is -2.20. The van der Waals surface area contributed by atoms with Crippen molar-refractivity contribution in [3.63, 3.8) is 0 Å². The van der Waals surface area contributed by atoms with Crippen LogP contribution in [0.15, 0.2) is 18.3 Å². The minimum atomic E-state index is -0.832. The quantitative estimate of drug-likeness (QED) is 0.838. The van der Waals surface area contributed by atoms with Crippen LogP contribution in [0.25, 0.3) is 11.3 Å². The lowest BCUT2D eigenvalue weighted by Gasteiger charge is -2.11. The Labute approximate surface area is 129 Å². The summed E-state index contributed by atoms with van der Waals surface area (Å²) in [5.74, 6) is 0.831. The van der Waals surface area contributed by atoms with Crippen LogP contribution in [0, 0.1) is 0 Å². The first-order valence-electron chi connectivity index (χ1n) is 7.69. The zero-order valence-corrected chi connectivity index (χ0v) is 12.7. The average molecular weight is 303 g/mol. The molecule has 1 aliphatic carbocycles. The van der Waals surface area contributed by atoms with Crippen LogP contribution in [0.3, 0.4) is 0 Å². The van der Waals surface area contributed by atoms with Gasteiger partial charge in [-0.1, -0.05) is 5.21 Å². The van der Waals surface area contributed by atoms with Gasteiger partial charge in [0.2, 0.25) is 0 Å². The standard InChI is InChI=1S/C16H21N3O3/c1-2-22-16-7-12-5-3-4-11(12)6-14(16)15-9-19(18-17-15)8-13(21)10-20/h6-7,9,13,20-21H,2-5,8,10H2,1H3/t13-/m1/s1. The van der Waals surface area contributed by atoms with Crippen LogP contribution in [0.1, 0.15) is 24.5 Å². The molecular formula is C16H21N3O3. The summed E-state index contributed by atoms with van der Waals surface area (Å²) in [5, 5.41) is 26.6. The Bertz CT molecular complexity index is 654. The Kier molecular flexibility index (Phi) is 4.40. The van der Waals surface area contributed by atoms with Crippen LogP contribution in [-0.4, -0.2) is 44.5 Å². The molecule has 3 rings (SSSR count). The highest BCUT2D eigenvalue weighted by Gasteiger charge is 2.18. The van der Waals surface area contributed by atoms with Gasteiger partial charge in [-0.25, -0.2) is 4.68 Å². The number of benzene rings is 1. The van der Waals surface area contributed by atoms with E-state index in [1.54, 1.807) is 10.9 Å². The first-order chi connectivity index (χ1) is 10.7. The first kappa shape index (κ1) is 15.0. The van der Waals surface area contributed by atoms with E-state index in [0.717, 1.165) is 29.8 Å². The van der Waals surface area contributed by atoms with E-state index >= 15 is 0 Å². The van der Waals surface area contributed by atoms with E-state index < -0.39 is 6.10 Å². The molecule has 6 nitrogen and oxygen atoms in total. The van der Waals surface area contributed by atoms with Crippen molar-refractivity contribution in [1.82, 2.24) is 15.0 Å². The maximum atomic E-state index is 9.49. The maximum absolute atomic E-state index is 9.49. The van der Waals surface area contributed by atoms with E-state index in [-0.39, 0.29) is 13.2 Å². The molecular weight excluding hydrogens is 282 g/mol. The number of hydrogen-bond donors (Lipinski definition) is 2.